The van der Waals surface area contributed by atoms with E-state index in [1.807, 2.05) is 12.1 Å². The zero-order valence-electron chi connectivity index (χ0n) is 11.8. The molecule has 0 saturated heterocycles. The smallest absolute Gasteiger partial charge is 0.306 e. The van der Waals surface area contributed by atoms with Crippen LogP contribution in [0.5, 0.6) is 0 Å². The first-order valence-electron chi connectivity index (χ1n) is 6.49. The van der Waals surface area contributed by atoms with E-state index in [-0.39, 0.29) is 11.8 Å². The molecular weight excluding hydrogens is 242 g/mol. The number of benzene rings is 1. The van der Waals surface area contributed by atoms with E-state index in [9.17, 15) is 9.90 Å². The normalized spacial score (nSPS) is 13.3. The Labute approximate surface area is 114 Å². The Morgan fingerprint density at radius 3 is 2.58 bits per heavy atom. The monoisotopic (exact) mass is 265 g/mol. The summed E-state index contributed by atoms with van der Waals surface area (Å²) in [6.07, 6.45) is -1.07. The van der Waals surface area contributed by atoms with Crippen molar-refractivity contribution >= 4 is 5.97 Å². The van der Waals surface area contributed by atoms with Crippen LogP contribution in [0.25, 0.3) is 0 Å². The Morgan fingerprint density at radius 2 is 2.00 bits per heavy atom. The quantitative estimate of drug-likeness (QED) is 0.702. The Bertz CT molecular complexity index is 429. The van der Waals surface area contributed by atoms with Crippen LogP contribution < -0.4 is 5.32 Å². The fourth-order valence-corrected chi connectivity index (χ4v) is 2.25. The molecule has 0 aliphatic carbocycles. The van der Waals surface area contributed by atoms with E-state index in [0.717, 1.165) is 0 Å². The standard InChI is InChI=1S/C15H23NO3/c1-11-6-4-5-7-13(11)15(2,3)10-16-9-12(17)8-14(18)19/h4-7,12,16-17H,8-10H2,1-3H3,(H,18,19). The Hall–Kier alpha value is -1.39. The number of rotatable bonds is 7. The van der Waals surface area contributed by atoms with Crippen LogP contribution in [0.15, 0.2) is 24.3 Å². The summed E-state index contributed by atoms with van der Waals surface area (Å²) in [6.45, 7) is 7.32. The maximum absolute atomic E-state index is 10.4. The number of aliphatic hydroxyl groups is 1. The van der Waals surface area contributed by atoms with Crippen molar-refractivity contribution in [1.29, 1.82) is 0 Å². The number of aliphatic carboxylic acids is 1. The third-order valence-corrected chi connectivity index (χ3v) is 3.23. The predicted octanol–water partition coefficient (Wildman–Crippen LogP) is 1.70. The molecule has 106 valence electrons. The van der Waals surface area contributed by atoms with Gasteiger partial charge in [-0.2, -0.15) is 0 Å². The van der Waals surface area contributed by atoms with Crippen molar-refractivity contribution < 1.29 is 15.0 Å². The number of hydrogen-bond acceptors (Lipinski definition) is 3. The summed E-state index contributed by atoms with van der Waals surface area (Å²) < 4.78 is 0. The van der Waals surface area contributed by atoms with E-state index in [4.69, 9.17) is 5.11 Å². The number of carboxylic acid groups (broad SMARTS) is 1. The highest BCUT2D eigenvalue weighted by molar-refractivity contribution is 5.67. The average Bonchev–Trinajstić information content (AvgIpc) is 2.27. The largest absolute Gasteiger partial charge is 0.481 e. The van der Waals surface area contributed by atoms with Gasteiger partial charge in [-0.15, -0.1) is 0 Å². The summed E-state index contributed by atoms with van der Waals surface area (Å²) in [5.74, 6) is -0.979. The maximum atomic E-state index is 10.4. The van der Waals surface area contributed by atoms with E-state index in [1.165, 1.54) is 11.1 Å². The molecular formula is C15H23NO3. The van der Waals surface area contributed by atoms with Gasteiger partial charge in [-0.3, -0.25) is 4.79 Å². The van der Waals surface area contributed by atoms with Gasteiger partial charge < -0.3 is 15.5 Å². The number of aryl methyl sites for hydroxylation is 1. The molecule has 0 aliphatic heterocycles. The molecule has 0 fully saturated rings. The summed E-state index contributed by atoms with van der Waals surface area (Å²) in [5, 5.41) is 21.2. The van der Waals surface area contributed by atoms with Gasteiger partial charge in [0.15, 0.2) is 0 Å². The Balaban J connectivity index is 2.52. The second-order valence-electron chi connectivity index (χ2n) is 5.58. The molecule has 0 spiro atoms. The molecule has 4 heteroatoms. The van der Waals surface area contributed by atoms with Crippen LogP contribution in [0.4, 0.5) is 0 Å². The summed E-state index contributed by atoms with van der Waals surface area (Å²) in [5.41, 5.74) is 2.43. The number of carbonyl (C=O) groups is 1. The molecule has 1 unspecified atom stereocenters. The van der Waals surface area contributed by atoms with Gasteiger partial charge in [0.1, 0.15) is 0 Å². The lowest BCUT2D eigenvalue weighted by atomic mass is 9.82. The maximum Gasteiger partial charge on any atom is 0.306 e. The molecule has 1 aromatic carbocycles. The molecule has 0 bridgehead atoms. The van der Waals surface area contributed by atoms with E-state index < -0.39 is 12.1 Å². The second kappa shape index (κ2) is 6.68. The van der Waals surface area contributed by atoms with E-state index in [2.05, 4.69) is 38.2 Å². The van der Waals surface area contributed by atoms with Gasteiger partial charge in [-0.1, -0.05) is 38.1 Å². The molecule has 19 heavy (non-hydrogen) atoms. The molecule has 0 aliphatic rings. The molecule has 0 radical (unpaired) electrons. The third-order valence-electron chi connectivity index (χ3n) is 3.23. The fourth-order valence-electron chi connectivity index (χ4n) is 2.25. The van der Waals surface area contributed by atoms with Crippen LogP contribution in [0.3, 0.4) is 0 Å². The van der Waals surface area contributed by atoms with Crippen LogP contribution in [-0.2, 0) is 10.2 Å². The number of hydrogen-bond donors (Lipinski definition) is 3. The van der Waals surface area contributed by atoms with E-state index in [0.29, 0.717) is 13.1 Å². The van der Waals surface area contributed by atoms with E-state index in [1.54, 1.807) is 0 Å². The highest BCUT2D eigenvalue weighted by Gasteiger charge is 2.22. The third kappa shape index (κ3) is 5.01. The molecule has 0 heterocycles. The predicted molar refractivity (Wildman–Crippen MR) is 75.3 cm³/mol. The van der Waals surface area contributed by atoms with Crippen LogP contribution in [-0.4, -0.2) is 35.4 Å². The van der Waals surface area contributed by atoms with Crippen molar-refractivity contribution in [3.05, 3.63) is 35.4 Å². The minimum atomic E-state index is -0.979. The molecule has 1 rings (SSSR count). The number of aliphatic hydroxyl groups excluding tert-OH is 1. The first-order valence-corrected chi connectivity index (χ1v) is 6.49. The van der Waals surface area contributed by atoms with Crippen LogP contribution in [0.1, 0.15) is 31.4 Å². The van der Waals surface area contributed by atoms with Gasteiger partial charge in [0.2, 0.25) is 0 Å². The molecule has 0 saturated carbocycles. The summed E-state index contributed by atoms with van der Waals surface area (Å²) in [7, 11) is 0. The zero-order chi connectivity index (χ0) is 14.5. The summed E-state index contributed by atoms with van der Waals surface area (Å²) in [4.78, 5) is 10.4. The average molecular weight is 265 g/mol. The fraction of sp³-hybridized carbons (Fsp3) is 0.533. The van der Waals surface area contributed by atoms with Gasteiger partial charge in [0, 0.05) is 18.5 Å². The Kier molecular flexibility index (Phi) is 5.51. The minimum Gasteiger partial charge on any atom is -0.481 e. The minimum absolute atomic E-state index is 0.0612. The number of carboxylic acids is 1. The van der Waals surface area contributed by atoms with Crippen molar-refractivity contribution in [3.63, 3.8) is 0 Å². The summed E-state index contributed by atoms with van der Waals surface area (Å²) in [6, 6.07) is 8.21. The SMILES string of the molecule is Cc1ccccc1C(C)(C)CNCC(O)CC(=O)O. The first kappa shape index (κ1) is 15.7. The molecule has 1 aromatic rings. The highest BCUT2D eigenvalue weighted by Crippen LogP contribution is 2.25. The van der Waals surface area contributed by atoms with Crippen molar-refractivity contribution in [2.75, 3.05) is 13.1 Å². The molecule has 0 aromatic heterocycles. The lowest BCUT2D eigenvalue weighted by Crippen LogP contribution is -2.38. The van der Waals surface area contributed by atoms with Crippen LogP contribution in [0, 0.1) is 6.92 Å². The second-order valence-corrected chi connectivity index (χ2v) is 5.58. The van der Waals surface area contributed by atoms with Gasteiger partial charge in [-0.25, -0.2) is 0 Å². The van der Waals surface area contributed by atoms with Gasteiger partial charge in [0.25, 0.3) is 0 Å². The lowest BCUT2D eigenvalue weighted by molar-refractivity contribution is -0.139. The topological polar surface area (TPSA) is 69.6 Å². The lowest BCUT2D eigenvalue weighted by Gasteiger charge is -2.28. The number of nitrogens with one attached hydrogen (secondary N) is 1. The van der Waals surface area contributed by atoms with Gasteiger partial charge >= 0.3 is 5.97 Å². The van der Waals surface area contributed by atoms with E-state index >= 15 is 0 Å². The van der Waals surface area contributed by atoms with Crippen LogP contribution >= 0.6 is 0 Å². The molecule has 1 atom stereocenters. The van der Waals surface area contributed by atoms with Crippen LogP contribution in [0.2, 0.25) is 0 Å². The zero-order valence-corrected chi connectivity index (χ0v) is 11.8. The van der Waals surface area contributed by atoms with Crippen molar-refractivity contribution in [1.82, 2.24) is 5.32 Å². The summed E-state index contributed by atoms with van der Waals surface area (Å²) >= 11 is 0. The van der Waals surface area contributed by atoms with Crippen molar-refractivity contribution in [2.24, 2.45) is 0 Å². The molecule has 4 nitrogen and oxygen atoms in total. The molecule has 3 N–H and O–H groups in total. The highest BCUT2D eigenvalue weighted by atomic mass is 16.4. The van der Waals surface area contributed by atoms with Crippen molar-refractivity contribution in [2.45, 2.75) is 38.7 Å². The molecule has 0 amide bonds. The van der Waals surface area contributed by atoms with Crippen molar-refractivity contribution in [3.8, 4) is 0 Å². The first-order chi connectivity index (χ1) is 8.83. The Morgan fingerprint density at radius 1 is 1.37 bits per heavy atom. The van der Waals surface area contributed by atoms with Gasteiger partial charge in [-0.05, 0) is 18.1 Å². The van der Waals surface area contributed by atoms with Gasteiger partial charge in [0.05, 0.1) is 12.5 Å².